The number of aromatic nitrogens is 2. The highest BCUT2D eigenvalue weighted by atomic mass is 32.2. The van der Waals surface area contributed by atoms with Crippen molar-refractivity contribution in [3.63, 3.8) is 0 Å². The number of carbonyl (C=O) groups is 2. The highest BCUT2D eigenvalue weighted by molar-refractivity contribution is 7.90. The van der Waals surface area contributed by atoms with Gasteiger partial charge in [0.05, 0.1) is 17.4 Å². The normalized spacial score (nSPS) is 15.9. The molecule has 2 atom stereocenters. The molecule has 40 heavy (non-hydrogen) atoms. The van der Waals surface area contributed by atoms with Crippen LogP contribution in [0.15, 0.2) is 48.7 Å². The first-order valence-electron chi connectivity index (χ1n) is 12.6. The third-order valence-corrected chi connectivity index (χ3v) is 9.81. The molecule has 0 fully saturated rings. The van der Waals surface area contributed by atoms with Crippen LogP contribution in [0.1, 0.15) is 29.5 Å². The van der Waals surface area contributed by atoms with E-state index < -0.39 is 44.8 Å². The van der Waals surface area contributed by atoms with Gasteiger partial charge in [-0.2, -0.15) is 0 Å². The number of benzene rings is 2. The molecular formula is C27H27F2N5O4S2. The Balaban J connectivity index is 1.20. The van der Waals surface area contributed by atoms with Gasteiger partial charge in [-0.25, -0.2) is 26.9 Å². The maximum Gasteiger partial charge on any atom is 0.246 e. The Hall–Kier alpha value is -3.68. The van der Waals surface area contributed by atoms with Crippen molar-refractivity contribution in [2.24, 2.45) is 0 Å². The molecule has 13 heteroatoms. The molecule has 5 rings (SSSR count). The van der Waals surface area contributed by atoms with Gasteiger partial charge in [-0.1, -0.05) is 12.1 Å². The lowest BCUT2D eigenvalue weighted by Gasteiger charge is -2.21. The minimum Gasteiger partial charge on any atom is -0.344 e. The molecule has 2 aromatic heterocycles. The number of carbonyl (C=O) groups excluding carboxylic acids is 2. The summed E-state index contributed by atoms with van der Waals surface area (Å²) in [5.41, 5.74) is 3.38. The Morgan fingerprint density at radius 3 is 2.52 bits per heavy atom. The minimum absolute atomic E-state index is 0.170. The quantitative estimate of drug-likeness (QED) is 0.292. The molecule has 2 aromatic carbocycles. The van der Waals surface area contributed by atoms with Crippen LogP contribution in [0.25, 0.3) is 16.2 Å². The number of aryl methyl sites for hydroxylation is 1. The van der Waals surface area contributed by atoms with Crippen molar-refractivity contribution in [3.05, 3.63) is 76.4 Å². The van der Waals surface area contributed by atoms with E-state index in [1.807, 2.05) is 22.7 Å². The first kappa shape index (κ1) is 27.9. The minimum atomic E-state index is -3.32. The van der Waals surface area contributed by atoms with Gasteiger partial charge in [0.15, 0.2) is 4.96 Å². The zero-order valence-corrected chi connectivity index (χ0v) is 23.3. The van der Waals surface area contributed by atoms with E-state index in [2.05, 4.69) is 15.4 Å². The topological polar surface area (TPSA) is 122 Å². The van der Waals surface area contributed by atoms with Gasteiger partial charge in [0.1, 0.15) is 17.7 Å². The number of thiazole rings is 1. The lowest BCUT2D eigenvalue weighted by molar-refractivity contribution is -0.125. The smallest absolute Gasteiger partial charge is 0.246 e. The Labute approximate surface area is 233 Å². The molecule has 4 aromatic rings. The highest BCUT2D eigenvalue weighted by Gasteiger charge is 2.31. The molecule has 3 N–H and O–H groups in total. The molecule has 0 saturated heterocycles. The predicted molar refractivity (Wildman–Crippen MR) is 149 cm³/mol. The van der Waals surface area contributed by atoms with Gasteiger partial charge in [0, 0.05) is 40.5 Å². The predicted octanol–water partition coefficient (Wildman–Crippen LogP) is 3.43. The van der Waals surface area contributed by atoms with Crippen molar-refractivity contribution in [2.45, 2.75) is 43.9 Å². The van der Waals surface area contributed by atoms with Crippen LogP contribution in [0.4, 0.5) is 14.5 Å². The average molecular weight is 588 g/mol. The summed E-state index contributed by atoms with van der Waals surface area (Å²) in [4.78, 5) is 31.4. The Kier molecular flexibility index (Phi) is 7.71. The number of imidazole rings is 1. The number of nitrogens with one attached hydrogen (secondary N) is 3. The van der Waals surface area contributed by atoms with E-state index in [4.69, 9.17) is 4.98 Å². The van der Waals surface area contributed by atoms with Gasteiger partial charge in [0.2, 0.25) is 21.8 Å². The van der Waals surface area contributed by atoms with E-state index in [-0.39, 0.29) is 12.0 Å². The van der Waals surface area contributed by atoms with E-state index in [9.17, 15) is 26.8 Å². The number of rotatable bonds is 8. The highest BCUT2D eigenvalue weighted by Crippen LogP contribution is 2.34. The summed E-state index contributed by atoms with van der Waals surface area (Å²) in [7, 11) is -1.88. The van der Waals surface area contributed by atoms with Crippen molar-refractivity contribution in [3.8, 4) is 11.3 Å². The van der Waals surface area contributed by atoms with Gasteiger partial charge in [0.25, 0.3) is 0 Å². The number of nitrogens with zero attached hydrogens (tertiary/aromatic N) is 2. The van der Waals surface area contributed by atoms with Crippen molar-refractivity contribution < 1.29 is 26.8 Å². The van der Waals surface area contributed by atoms with E-state index in [0.717, 1.165) is 45.0 Å². The number of sulfonamides is 1. The summed E-state index contributed by atoms with van der Waals surface area (Å²) < 4.78 is 55.6. The third kappa shape index (κ3) is 5.91. The van der Waals surface area contributed by atoms with Crippen LogP contribution in [0.5, 0.6) is 0 Å². The first-order valence-corrected chi connectivity index (χ1v) is 15.0. The van der Waals surface area contributed by atoms with Crippen LogP contribution in [-0.2, 0) is 38.9 Å². The Morgan fingerprint density at radius 2 is 1.85 bits per heavy atom. The largest absolute Gasteiger partial charge is 0.344 e. The maximum atomic E-state index is 13.4. The lowest BCUT2D eigenvalue weighted by atomic mass is 10.0. The number of fused-ring (bicyclic) bond motifs is 3. The number of anilines is 1. The SMILES string of the molecule is CNS(=O)(=O)C1CCc2c(sc3nc(-c4ccc(NC(=O)[C@@H](C)NC(=O)Cc5cc(F)cc(F)c5)cc4)cn23)C1. The average Bonchev–Trinajstić information content (AvgIpc) is 3.46. The number of amides is 2. The fourth-order valence-electron chi connectivity index (χ4n) is 4.76. The lowest BCUT2D eigenvalue weighted by Crippen LogP contribution is -2.42. The molecular weight excluding hydrogens is 560 g/mol. The standard InChI is InChI=1S/C27H27F2N5O4S2/c1-15(31-25(35)11-16-9-18(28)12-19(29)10-16)26(36)32-20-5-3-17(4-6-20)22-14-34-23-8-7-21(40(37,38)30-2)13-24(23)39-27(34)33-22/h3-6,9-10,12,14-15,21,30H,7-8,11,13H2,1-2H3,(H,31,35)(H,32,36)/t15-,21?/m1/s1. The number of hydrogen-bond donors (Lipinski definition) is 3. The summed E-state index contributed by atoms with van der Waals surface area (Å²) in [5, 5.41) is 4.83. The van der Waals surface area contributed by atoms with Crippen LogP contribution in [0.2, 0.25) is 0 Å². The fourth-order valence-corrected chi connectivity index (χ4v) is 7.24. The maximum absolute atomic E-state index is 13.4. The number of halogens is 2. The third-order valence-electron chi connectivity index (χ3n) is 6.85. The fraction of sp³-hybridized carbons (Fsp3) is 0.296. The van der Waals surface area contributed by atoms with Gasteiger partial charge in [-0.15, -0.1) is 11.3 Å². The van der Waals surface area contributed by atoms with Gasteiger partial charge in [-0.3, -0.25) is 14.0 Å². The molecule has 1 unspecified atom stereocenters. The molecule has 0 radical (unpaired) electrons. The van der Waals surface area contributed by atoms with Crippen LogP contribution in [0, 0.1) is 11.6 Å². The first-order chi connectivity index (χ1) is 19.0. The molecule has 0 bridgehead atoms. The molecule has 0 aliphatic heterocycles. The van der Waals surface area contributed by atoms with E-state index in [0.29, 0.717) is 24.9 Å². The Bertz CT molecular complexity index is 1680. The van der Waals surface area contributed by atoms with Crippen molar-refractivity contribution in [2.75, 3.05) is 12.4 Å². The summed E-state index contributed by atoms with van der Waals surface area (Å²) in [6.07, 6.45) is 3.34. The Morgan fingerprint density at radius 1 is 1.15 bits per heavy atom. The van der Waals surface area contributed by atoms with Crippen LogP contribution in [-0.4, -0.2) is 48.0 Å². The van der Waals surface area contributed by atoms with E-state index in [1.165, 1.54) is 25.3 Å². The molecule has 9 nitrogen and oxygen atoms in total. The molecule has 0 saturated carbocycles. The van der Waals surface area contributed by atoms with Crippen molar-refractivity contribution >= 4 is 43.8 Å². The second kappa shape index (κ2) is 11.1. The monoisotopic (exact) mass is 587 g/mol. The van der Waals surface area contributed by atoms with E-state index in [1.54, 1.807) is 12.1 Å². The molecule has 1 aliphatic carbocycles. The zero-order chi connectivity index (χ0) is 28.6. The molecule has 1 aliphatic rings. The molecule has 210 valence electrons. The summed E-state index contributed by atoms with van der Waals surface area (Å²) in [6.45, 7) is 1.52. The van der Waals surface area contributed by atoms with E-state index >= 15 is 0 Å². The van der Waals surface area contributed by atoms with Crippen LogP contribution >= 0.6 is 11.3 Å². The van der Waals surface area contributed by atoms with Gasteiger partial charge in [-0.05, 0) is 56.6 Å². The summed E-state index contributed by atoms with van der Waals surface area (Å²) in [6, 6.07) is 9.10. The summed E-state index contributed by atoms with van der Waals surface area (Å²) >= 11 is 1.50. The van der Waals surface area contributed by atoms with Gasteiger partial charge >= 0.3 is 0 Å². The van der Waals surface area contributed by atoms with Crippen molar-refractivity contribution in [1.29, 1.82) is 0 Å². The molecule has 2 amide bonds. The number of hydrogen-bond acceptors (Lipinski definition) is 6. The summed E-state index contributed by atoms with van der Waals surface area (Å²) in [5.74, 6) is -2.53. The second-order valence-corrected chi connectivity index (χ2v) is 12.9. The molecule has 0 spiro atoms. The zero-order valence-electron chi connectivity index (χ0n) is 21.7. The van der Waals surface area contributed by atoms with Crippen LogP contribution in [0.3, 0.4) is 0 Å². The second-order valence-electron chi connectivity index (χ2n) is 9.67. The molecule has 2 heterocycles. The van der Waals surface area contributed by atoms with Crippen molar-refractivity contribution in [1.82, 2.24) is 19.4 Å². The van der Waals surface area contributed by atoms with Gasteiger partial charge < -0.3 is 10.6 Å². The van der Waals surface area contributed by atoms with Crippen LogP contribution < -0.4 is 15.4 Å².